The molecular weight excluding hydrogens is 138 g/mol. The highest BCUT2D eigenvalue weighted by atomic mass is 16.5. The summed E-state index contributed by atoms with van der Waals surface area (Å²) in [5, 5.41) is 3.43. The van der Waals surface area contributed by atoms with Crippen LogP contribution in [0.25, 0.3) is 0 Å². The fourth-order valence-electron chi connectivity index (χ4n) is 2.15. The lowest BCUT2D eigenvalue weighted by Gasteiger charge is -2.29. The van der Waals surface area contributed by atoms with Gasteiger partial charge in [-0.2, -0.15) is 0 Å². The molecule has 2 saturated heterocycles. The van der Waals surface area contributed by atoms with Gasteiger partial charge < -0.3 is 10.1 Å². The first kappa shape index (κ1) is 7.56. The van der Waals surface area contributed by atoms with Crippen molar-refractivity contribution in [3.63, 3.8) is 0 Å². The van der Waals surface area contributed by atoms with Crippen molar-refractivity contribution in [2.45, 2.75) is 31.8 Å². The van der Waals surface area contributed by atoms with Crippen LogP contribution in [0.5, 0.6) is 0 Å². The Bertz CT molecular complexity index is 113. The zero-order valence-electron chi connectivity index (χ0n) is 7.01. The van der Waals surface area contributed by atoms with Gasteiger partial charge in [0.05, 0.1) is 6.10 Å². The summed E-state index contributed by atoms with van der Waals surface area (Å²) in [6.45, 7) is 3.34. The molecular formula is C9H17NO. The average molecular weight is 155 g/mol. The van der Waals surface area contributed by atoms with Crippen molar-refractivity contribution in [3.05, 3.63) is 0 Å². The van der Waals surface area contributed by atoms with Gasteiger partial charge in [-0.3, -0.25) is 0 Å². The van der Waals surface area contributed by atoms with Crippen LogP contribution in [0, 0.1) is 5.92 Å². The van der Waals surface area contributed by atoms with E-state index >= 15 is 0 Å². The minimum Gasteiger partial charge on any atom is -0.378 e. The monoisotopic (exact) mass is 155 g/mol. The number of piperidine rings is 1. The van der Waals surface area contributed by atoms with Crippen LogP contribution in [-0.4, -0.2) is 25.8 Å². The van der Waals surface area contributed by atoms with Crippen LogP contribution in [0.15, 0.2) is 0 Å². The Hall–Kier alpha value is -0.0800. The standard InChI is InChI=1S/C9H17NO/c1-2-6-11-9-4-5-10-7-8(9)3-1/h8-10H,1-7H2. The van der Waals surface area contributed by atoms with Crippen molar-refractivity contribution in [3.8, 4) is 0 Å². The van der Waals surface area contributed by atoms with Crippen molar-refractivity contribution in [2.75, 3.05) is 19.7 Å². The summed E-state index contributed by atoms with van der Waals surface area (Å²) in [5.41, 5.74) is 0. The molecule has 2 rings (SSSR count). The highest BCUT2D eigenvalue weighted by molar-refractivity contribution is 4.80. The third kappa shape index (κ3) is 1.74. The maximum Gasteiger partial charge on any atom is 0.0627 e. The van der Waals surface area contributed by atoms with Gasteiger partial charge >= 0.3 is 0 Å². The van der Waals surface area contributed by atoms with Gasteiger partial charge in [-0.05, 0) is 31.7 Å². The molecule has 2 heteroatoms. The Labute approximate surface area is 68.3 Å². The fourth-order valence-corrected chi connectivity index (χ4v) is 2.15. The van der Waals surface area contributed by atoms with Crippen LogP contribution in [0.4, 0.5) is 0 Å². The molecule has 0 radical (unpaired) electrons. The smallest absolute Gasteiger partial charge is 0.0627 e. The van der Waals surface area contributed by atoms with Gasteiger partial charge in [0.15, 0.2) is 0 Å². The van der Waals surface area contributed by atoms with E-state index in [1.54, 1.807) is 0 Å². The van der Waals surface area contributed by atoms with Crippen molar-refractivity contribution in [1.29, 1.82) is 0 Å². The number of ether oxygens (including phenoxy) is 1. The summed E-state index contributed by atoms with van der Waals surface area (Å²) in [4.78, 5) is 0. The van der Waals surface area contributed by atoms with E-state index in [0.29, 0.717) is 6.10 Å². The molecule has 2 heterocycles. The minimum atomic E-state index is 0.582. The Kier molecular flexibility index (Phi) is 2.44. The molecule has 0 spiro atoms. The molecule has 0 amide bonds. The fraction of sp³-hybridized carbons (Fsp3) is 1.00. The Morgan fingerprint density at radius 2 is 2.18 bits per heavy atom. The van der Waals surface area contributed by atoms with E-state index in [1.807, 2.05) is 0 Å². The molecule has 64 valence electrons. The van der Waals surface area contributed by atoms with Crippen LogP contribution in [0.3, 0.4) is 0 Å². The number of fused-ring (bicyclic) bond motifs is 1. The van der Waals surface area contributed by atoms with Crippen LogP contribution in [0.2, 0.25) is 0 Å². The summed E-state index contributed by atoms with van der Waals surface area (Å²) in [6.07, 6.45) is 5.82. The van der Waals surface area contributed by atoms with E-state index in [-0.39, 0.29) is 0 Å². The van der Waals surface area contributed by atoms with E-state index in [9.17, 15) is 0 Å². The minimum absolute atomic E-state index is 0.582. The van der Waals surface area contributed by atoms with Crippen molar-refractivity contribution < 1.29 is 4.74 Å². The van der Waals surface area contributed by atoms with Crippen LogP contribution < -0.4 is 5.32 Å². The van der Waals surface area contributed by atoms with Gasteiger partial charge in [0.2, 0.25) is 0 Å². The summed E-state index contributed by atoms with van der Waals surface area (Å²) in [6, 6.07) is 0. The topological polar surface area (TPSA) is 21.3 Å². The number of nitrogens with one attached hydrogen (secondary N) is 1. The maximum absolute atomic E-state index is 5.77. The van der Waals surface area contributed by atoms with E-state index in [0.717, 1.165) is 19.1 Å². The molecule has 0 aromatic carbocycles. The van der Waals surface area contributed by atoms with E-state index in [1.165, 1.54) is 32.2 Å². The highest BCUT2D eigenvalue weighted by Crippen LogP contribution is 2.24. The van der Waals surface area contributed by atoms with Crippen LogP contribution in [0.1, 0.15) is 25.7 Å². The van der Waals surface area contributed by atoms with Gasteiger partial charge in [0.1, 0.15) is 0 Å². The predicted octanol–water partition coefficient (Wildman–Crippen LogP) is 1.16. The third-order valence-electron chi connectivity index (χ3n) is 2.84. The van der Waals surface area contributed by atoms with Crippen LogP contribution in [-0.2, 0) is 4.74 Å². The van der Waals surface area contributed by atoms with Gasteiger partial charge in [0.25, 0.3) is 0 Å². The molecule has 1 N–H and O–H groups in total. The van der Waals surface area contributed by atoms with E-state index < -0.39 is 0 Å². The van der Waals surface area contributed by atoms with Gasteiger partial charge in [-0.15, -0.1) is 0 Å². The molecule has 2 nitrogen and oxygen atoms in total. The zero-order valence-corrected chi connectivity index (χ0v) is 7.01. The molecule has 2 unspecified atom stereocenters. The first-order valence-electron chi connectivity index (χ1n) is 4.79. The largest absolute Gasteiger partial charge is 0.378 e. The predicted molar refractivity (Wildman–Crippen MR) is 44.6 cm³/mol. The lowest BCUT2D eigenvalue weighted by molar-refractivity contribution is 0.00817. The first-order valence-corrected chi connectivity index (χ1v) is 4.79. The molecule has 2 aliphatic rings. The molecule has 2 fully saturated rings. The summed E-state index contributed by atoms with van der Waals surface area (Å²) < 4.78 is 5.77. The quantitative estimate of drug-likeness (QED) is 0.567. The van der Waals surface area contributed by atoms with Crippen LogP contribution >= 0.6 is 0 Å². The number of rotatable bonds is 0. The van der Waals surface area contributed by atoms with Crippen molar-refractivity contribution >= 4 is 0 Å². The molecule has 2 aliphatic heterocycles. The van der Waals surface area contributed by atoms with Crippen molar-refractivity contribution in [2.24, 2.45) is 5.92 Å². The highest BCUT2D eigenvalue weighted by Gasteiger charge is 2.26. The molecule has 2 atom stereocenters. The Morgan fingerprint density at radius 3 is 3.18 bits per heavy atom. The zero-order chi connectivity index (χ0) is 7.52. The number of hydrogen-bond donors (Lipinski definition) is 1. The lowest BCUT2D eigenvalue weighted by Crippen LogP contribution is -2.40. The van der Waals surface area contributed by atoms with E-state index in [2.05, 4.69) is 5.32 Å². The Balaban J connectivity index is 1.93. The molecule has 0 aromatic rings. The Morgan fingerprint density at radius 1 is 1.18 bits per heavy atom. The van der Waals surface area contributed by atoms with Gasteiger partial charge in [0, 0.05) is 13.2 Å². The summed E-state index contributed by atoms with van der Waals surface area (Å²) in [7, 11) is 0. The second kappa shape index (κ2) is 3.55. The molecule has 0 bridgehead atoms. The summed E-state index contributed by atoms with van der Waals surface area (Å²) in [5.74, 6) is 0.811. The third-order valence-corrected chi connectivity index (χ3v) is 2.84. The molecule has 0 aromatic heterocycles. The van der Waals surface area contributed by atoms with Gasteiger partial charge in [-0.25, -0.2) is 0 Å². The first-order chi connectivity index (χ1) is 5.47. The SMILES string of the molecule is C1CCC2CNCCC2OC1. The molecule has 0 aliphatic carbocycles. The average Bonchev–Trinajstić information content (AvgIpc) is 2.28. The molecule has 11 heavy (non-hydrogen) atoms. The normalized spacial score (nSPS) is 39.3. The second-order valence-corrected chi connectivity index (χ2v) is 3.66. The van der Waals surface area contributed by atoms with Gasteiger partial charge in [-0.1, -0.05) is 6.42 Å². The van der Waals surface area contributed by atoms with E-state index in [4.69, 9.17) is 4.74 Å². The number of hydrogen-bond acceptors (Lipinski definition) is 2. The lowest BCUT2D eigenvalue weighted by atomic mass is 9.92. The summed E-state index contributed by atoms with van der Waals surface area (Å²) >= 11 is 0. The maximum atomic E-state index is 5.77. The van der Waals surface area contributed by atoms with Crippen molar-refractivity contribution in [1.82, 2.24) is 5.32 Å². The molecule has 0 saturated carbocycles. The second-order valence-electron chi connectivity index (χ2n) is 3.66.